The van der Waals surface area contributed by atoms with Gasteiger partial charge in [-0.15, -0.1) is 0 Å². The van der Waals surface area contributed by atoms with Gasteiger partial charge in [0.15, 0.2) is 17.3 Å². The lowest BCUT2D eigenvalue weighted by molar-refractivity contribution is 0.103. The Hall–Kier alpha value is -3.93. The second kappa shape index (κ2) is 9.52. The molecule has 6 nitrogen and oxygen atoms in total. The summed E-state index contributed by atoms with van der Waals surface area (Å²) >= 11 is 0. The number of hydrogen-bond donors (Lipinski definition) is 1. The molecule has 0 aliphatic carbocycles. The van der Waals surface area contributed by atoms with Crippen molar-refractivity contribution >= 4 is 29.7 Å². The summed E-state index contributed by atoms with van der Waals surface area (Å²) in [6.45, 7) is 3.64. The third-order valence-corrected chi connectivity index (χ3v) is 4.60. The monoisotopic (exact) mass is 401 g/mol. The number of rotatable bonds is 7. The van der Waals surface area contributed by atoms with Gasteiger partial charge in [-0.25, -0.2) is 0 Å². The van der Waals surface area contributed by atoms with E-state index in [1.165, 1.54) is 0 Å². The Morgan fingerprint density at radius 3 is 2.07 bits per heavy atom. The average Bonchev–Trinajstić information content (AvgIpc) is 2.82. The fourth-order valence-electron chi connectivity index (χ4n) is 3.03. The van der Waals surface area contributed by atoms with Crippen LogP contribution in [0.1, 0.15) is 21.5 Å². The largest absolute Gasteiger partial charge is 0.493 e. The number of carbonyl (C=O) groups excluding carboxylic acids is 1. The SMILES string of the molecule is C=Nc1cc(OC)c(OC)cc1C(=NC)Nc1ccc(C(=O)c2ccccc2)cc1. The second-order valence-corrected chi connectivity index (χ2v) is 6.35. The van der Waals surface area contributed by atoms with Crippen LogP contribution in [0.5, 0.6) is 11.5 Å². The molecule has 0 aliphatic heterocycles. The fourth-order valence-corrected chi connectivity index (χ4v) is 3.03. The lowest BCUT2D eigenvalue weighted by Crippen LogP contribution is -2.14. The molecular formula is C24H23N3O3. The smallest absolute Gasteiger partial charge is 0.193 e. The van der Waals surface area contributed by atoms with Gasteiger partial charge in [0, 0.05) is 35.5 Å². The van der Waals surface area contributed by atoms with E-state index in [9.17, 15) is 4.79 Å². The van der Waals surface area contributed by atoms with Gasteiger partial charge in [-0.2, -0.15) is 0 Å². The first-order chi connectivity index (χ1) is 14.6. The van der Waals surface area contributed by atoms with Crippen LogP contribution < -0.4 is 14.8 Å². The summed E-state index contributed by atoms with van der Waals surface area (Å²) < 4.78 is 10.7. The number of amidine groups is 1. The van der Waals surface area contributed by atoms with Crippen LogP contribution in [-0.2, 0) is 0 Å². The number of nitrogens with zero attached hydrogens (tertiary/aromatic N) is 2. The van der Waals surface area contributed by atoms with Gasteiger partial charge in [-0.05, 0) is 37.0 Å². The molecule has 0 spiro atoms. The Morgan fingerprint density at radius 1 is 0.900 bits per heavy atom. The number of aliphatic imine (C=N–C) groups is 2. The highest BCUT2D eigenvalue weighted by atomic mass is 16.5. The number of benzene rings is 3. The standard InChI is InChI=1S/C24H23N3O3/c1-25-20-15-22(30-4)21(29-3)14-19(20)24(26-2)27-18-12-10-17(11-13-18)23(28)16-8-6-5-7-9-16/h5-15H,1H2,2-4H3,(H,26,27). The summed E-state index contributed by atoms with van der Waals surface area (Å²) in [5.41, 5.74) is 3.37. The highest BCUT2D eigenvalue weighted by Crippen LogP contribution is 2.35. The summed E-state index contributed by atoms with van der Waals surface area (Å²) in [7, 11) is 4.82. The normalized spacial score (nSPS) is 11.0. The number of ether oxygens (including phenoxy) is 2. The zero-order valence-corrected chi connectivity index (χ0v) is 17.2. The molecule has 0 atom stereocenters. The number of hydrogen-bond acceptors (Lipinski definition) is 5. The van der Waals surface area contributed by atoms with Gasteiger partial charge in [0.2, 0.25) is 0 Å². The minimum absolute atomic E-state index is 0.0235. The zero-order valence-electron chi connectivity index (χ0n) is 17.2. The number of nitrogens with one attached hydrogen (secondary N) is 1. The Kier molecular flexibility index (Phi) is 6.60. The van der Waals surface area contributed by atoms with Crippen LogP contribution in [0.25, 0.3) is 0 Å². The van der Waals surface area contributed by atoms with Crippen LogP contribution in [0.4, 0.5) is 11.4 Å². The van der Waals surface area contributed by atoms with Crippen LogP contribution in [0.3, 0.4) is 0 Å². The average molecular weight is 401 g/mol. The Bertz CT molecular complexity index is 1070. The first-order valence-electron chi connectivity index (χ1n) is 9.28. The third-order valence-electron chi connectivity index (χ3n) is 4.60. The third kappa shape index (κ3) is 4.38. The van der Waals surface area contributed by atoms with Crippen LogP contribution >= 0.6 is 0 Å². The molecule has 6 heteroatoms. The van der Waals surface area contributed by atoms with Gasteiger partial charge in [0.25, 0.3) is 0 Å². The van der Waals surface area contributed by atoms with Crippen molar-refractivity contribution < 1.29 is 14.3 Å². The molecule has 3 aromatic rings. The van der Waals surface area contributed by atoms with Crippen molar-refractivity contribution in [2.24, 2.45) is 9.98 Å². The van der Waals surface area contributed by atoms with Crippen LogP contribution in [0.2, 0.25) is 0 Å². The van der Waals surface area contributed by atoms with Crippen molar-refractivity contribution in [1.82, 2.24) is 0 Å². The number of ketones is 1. The molecule has 3 aromatic carbocycles. The Balaban J connectivity index is 1.86. The first kappa shape index (κ1) is 20.8. The van der Waals surface area contributed by atoms with E-state index in [0.717, 1.165) is 11.3 Å². The van der Waals surface area contributed by atoms with Crippen molar-refractivity contribution in [3.63, 3.8) is 0 Å². The molecule has 0 unspecified atom stereocenters. The van der Waals surface area contributed by atoms with Crippen molar-refractivity contribution in [3.05, 3.63) is 83.4 Å². The van der Waals surface area contributed by atoms with Gasteiger partial charge in [0.05, 0.1) is 19.9 Å². The van der Waals surface area contributed by atoms with Crippen molar-refractivity contribution in [2.75, 3.05) is 26.6 Å². The van der Waals surface area contributed by atoms with E-state index in [1.54, 1.807) is 57.7 Å². The number of anilines is 1. The highest BCUT2D eigenvalue weighted by Gasteiger charge is 2.15. The van der Waals surface area contributed by atoms with Gasteiger partial charge in [-0.3, -0.25) is 14.8 Å². The van der Waals surface area contributed by atoms with E-state index in [-0.39, 0.29) is 5.78 Å². The maximum atomic E-state index is 12.6. The zero-order chi connectivity index (χ0) is 21.5. The van der Waals surface area contributed by atoms with Crippen LogP contribution in [0, 0.1) is 0 Å². The molecule has 0 saturated carbocycles. The summed E-state index contributed by atoms with van der Waals surface area (Å²) in [5, 5.41) is 3.27. The maximum absolute atomic E-state index is 12.6. The summed E-state index contributed by atoms with van der Waals surface area (Å²) in [4.78, 5) is 21.0. The predicted molar refractivity (Wildman–Crippen MR) is 121 cm³/mol. The molecule has 30 heavy (non-hydrogen) atoms. The fraction of sp³-hybridized carbons (Fsp3) is 0.125. The number of methoxy groups -OCH3 is 2. The summed E-state index contributed by atoms with van der Waals surface area (Å²) in [6, 6.07) is 20.0. The van der Waals surface area contributed by atoms with Crippen molar-refractivity contribution in [2.45, 2.75) is 0 Å². The van der Waals surface area contributed by atoms with E-state index >= 15 is 0 Å². The minimum atomic E-state index is -0.0235. The molecule has 0 bridgehead atoms. The quantitative estimate of drug-likeness (QED) is 0.352. The molecule has 3 rings (SSSR count). The predicted octanol–water partition coefficient (Wildman–Crippen LogP) is 4.76. The Labute approximate surface area is 175 Å². The lowest BCUT2D eigenvalue weighted by atomic mass is 10.0. The molecule has 0 amide bonds. The van der Waals surface area contributed by atoms with Crippen LogP contribution in [-0.4, -0.2) is 39.6 Å². The molecule has 0 aliphatic rings. The highest BCUT2D eigenvalue weighted by molar-refractivity contribution is 6.12. The van der Waals surface area contributed by atoms with E-state index in [0.29, 0.717) is 34.1 Å². The van der Waals surface area contributed by atoms with Crippen molar-refractivity contribution in [1.29, 1.82) is 0 Å². The molecular weight excluding hydrogens is 378 g/mol. The van der Waals surface area contributed by atoms with E-state index < -0.39 is 0 Å². The van der Waals surface area contributed by atoms with Gasteiger partial charge in [-0.1, -0.05) is 30.3 Å². The first-order valence-corrected chi connectivity index (χ1v) is 9.28. The van der Waals surface area contributed by atoms with Gasteiger partial charge >= 0.3 is 0 Å². The molecule has 0 heterocycles. The van der Waals surface area contributed by atoms with E-state index in [4.69, 9.17) is 9.47 Å². The Morgan fingerprint density at radius 2 is 1.50 bits per heavy atom. The van der Waals surface area contributed by atoms with E-state index in [2.05, 4.69) is 22.0 Å². The molecule has 0 aromatic heterocycles. The molecule has 0 fully saturated rings. The molecule has 0 radical (unpaired) electrons. The summed E-state index contributed by atoms with van der Waals surface area (Å²) in [5.74, 6) is 1.68. The topological polar surface area (TPSA) is 72.3 Å². The molecule has 152 valence electrons. The molecule has 1 N–H and O–H groups in total. The molecule has 0 saturated heterocycles. The van der Waals surface area contributed by atoms with Gasteiger partial charge < -0.3 is 14.8 Å². The number of carbonyl (C=O) groups is 1. The lowest BCUT2D eigenvalue weighted by Gasteiger charge is -2.15. The van der Waals surface area contributed by atoms with E-state index in [1.807, 2.05) is 30.3 Å². The van der Waals surface area contributed by atoms with Crippen molar-refractivity contribution in [3.8, 4) is 11.5 Å². The second-order valence-electron chi connectivity index (χ2n) is 6.35. The van der Waals surface area contributed by atoms with Gasteiger partial charge in [0.1, 0.15) is 5.84 Å². The summed E-state index contributed by atoms with van der Waals surface area (Å²) in [6.07, 6.45) is 0. The minimum Gasteiger partial charge on any atom is -0.493 e. The maximum Gasteiger partial charge on any atom is 0.193 e. The van der Waals surface area contributed by atoms with Crippen LogP contribution in [0.15, 0.2) is 76.7 Å².